The van der Waals surface area contributed by atoms with Gasteiger partial charge < -0.3 is 10.1 Å². The van der Waals surface area contributed by atoms with Crippen molar-refractivity contribution in [1.29, 1.82) is 0 Å². The lowest BCUT2D eigenvalue weighted by molar-refractivity contribution is 0.414. The average molecular weight is 289 g/mol. The molecule has 1 heterocycles. The summed E-state index contributed by atoms with van der Waals surface area (Å²) in [6.07, 6.45) is 4.71. The predicted molar refractivity (Wildman–Crippen MR) is 86.8 cm³/mol. The number of hydrogen-bond donors (Lipinski definition) is 1. The van der Waals surface area contributed by atoms with Gasteiger partial charge in [0.2, 0.25) is 0 Å². The molecule has 2 aromatic rings. The highest BCUT2D eigenvalue weighted by Gasteiger charge is 2.07. The summed E-state index contributed by atoms with van der Waals surface area (Å²) in [4.78, 5) is 1.49. The predicted octanol–water partition coefficient (Wildman–Crippen LogP) is 3.91. The molecule has 0 aliphatic rings. The molecule has 0 amide bonds. The van der Waals surface area contributed by atoms with Gasteiger partial charge in [-0.15, -0.1) is 11.3 Å². The molecule has 0 aliphatic heterocycles. The number of methoxy groups -OCH3 is 1. The first kappa shape index (κ1) is 15.1. The SMILES string of the molecule is CNC(CCCc1cccs1)Cc1ccc(OC)cc1. The van der Waals surface area contributed by atoms with Gasteiger partial charge in [-0.3, -0.25) is 0 Å². The fourth-order valence-electron chi connectivity index (χ4n) is 2.37. The van der Waals surface area contributed by atoms with E-state index >= 15 is 0 Å². The topological polar surface area (TPSA) is 21.3 Å². The van der Waals surface area contributed by atoms with Crippen molar-refractivity contribution in [1.82, 2.24) is 5.32 Å². The Kier molecular flexibility index (Phi) is 6.09. The fourth-order valence-corrected chi connectivity index (χ4v) is 3.12. The third-order valence-electron chi connectivity index (χ3n) is 3.61. The zero-order chi connectivity index (χ0) is 14.2. The van der Waals surface area contributed by atoms with E-state index in [9.17, 15) is 0 Å². The van der Waals surface area contributed by atoms with Crippen LogP contribution in [0.2, 0.25) is 0 Å². The molecule has 1 aromatic carbocycles. The molecule has 1 aromatic heterocycles. The highest BCUT2D eigenvalue weighted by molar-refractivity contribution is 7.09. The van der Waals surface area contributed by atoms with Crippen LogP contribution in [-0.2, 0) is 12.8 Å². The van der Waals surface area contributed by atoms with Gasteiger partial charge in [-0.1, -0.05) is 18.2 Å². The van der Waals surface area contributed by atoms with Gasteiger partial charge in [0.05, 0.1) is 7.11 Å². The van der Waals surface area contributed by atoms with Crippen LogP contribution in [0.3, 0.4) is 0 Å². The van der Waals surface area contributed by atoms with Gasteiger partial charge in [-0.05, 0) is 61.9 Å². The second-order valence-electron chi connectivity index (χ2n) is 5.01. The molecular formula is C17H23NOS. The number of thiophene rings is 1. The standard InChI is InChI=1S/C17H23NOS/c1-18-15(5-3-6-17-7-4-12-20-17)13-14-8-10-16(19-2)11-9-14/h4,7-12,15,18H,3,5-6,13H2,1-2H3. The number of nitrogens with one attached hydrogen (secondary N) is 1. The zero-order valence-corrected chi connectivity index (χ0v) is 13.1. The molecule has 0 radical (unpaired) electrons. The molecule has 0 saturated carbocycles. The molecule has 1 N–H and O–H groups in total. The zero-order valence-electron chi connectivity index (χ0n) is 12.3. The molecule has 20 heavy (non-hydrogen) atoms. The van der Waals surface area contributed by atoms with E-state index in [2.05, 4.69) is 42.0 Å². The fraction of sp³-hybridized carbons (Fsp3) is 0.412. The van der Waals surface area contributed by atoms with E-state index in [1.807, 2.05) is 23.5 Å². The van der Waals surface area contributed by atoms with Gasteiger partial charge in [-0.2, -0.15) is 0 Å². The highest BCUT2D eigenvalue weighted by Crippen LogP contribution is 2.16. The van der Waals surface area contributed by atoms with E-state index in [-0.39, 0.29) is 0 Å². The summed E-state index contributed by atoms with van der Waals surface area (Å²) in [6, 6.07) is 13.3. The second kappa shape index (κ2) is 8.08. The van der Waals surface area contributed by atoms with Crippen LogP contribution in [0.1, 0.15) is 23.3 Å². The van der Waals surface area contributed by atoms with Gasteiger partial charge in [0.25, 0.3) is 0 Å². The molecule has 0 saturated heterocycles. The van der Waals surface area contributed by atoms with Gasteiger partial charge in [0.15, 0.2) is 0 Å². The molecule has 0 aliphatic carbocycles. The Morgan fingerprint density at radius 2 is 2.00 bits per heavy atom. The van der Waals surface area contributed by atoms with Crippen molar-refractivity contribution in [3.05, 3.63) is 52.2 Å². The van der Waals surface area contributed by atoms with Gasteiger partial charge >= 0.3 is 0 Å². The number of ether oxygens (including phenoxy) is 1. The highest BCUT2D eigenvalue weighted by atomic mass is 32.1. The summed E-state index contributed by atoms with van der Waals surface area (Å²) in [7, 11) is 3.76. The van der Waals surface area contributed by atoms with Gasteiger partial charge in [0.1, 0.15) is 5.75 Å². The minimum atomic E-state index is 0.545. The third-order valence-corrected chi connectivity index (χ3v) is 4.54. The van der Waals surface area contributed by atoms with Crippen molar-refractivity contribution in [2.45, 2.75) is 31.7 Å². The first-order valence-electron chi connectivity index (χ1n) is 7.14. The lowest BCUT2D eigenvalue weighted by Gasteiger charge is -2.16. The summed E-state index contributed by atoms with van der Waals surface area (Å²) in [5.41, 5.74) is 1.36. The Morgan fingerprint density at radius 1 is 1.20 bits per heavy atom. The lowest BCUT2D eigenvalue weighted by Crippen LogP contribution is -2.27. The van der Waals surface area contributed by atoms with E-state index in [4.69, 9.17) is 4.74 Å². The van der Waals surface area contributed by atoms with E-state index in [1.54, 1.807) is 7.11 Å². The van der Waals surface area contributed by atoms with E-state index < -0.39 is 0 Å². The average Bonchev–Trinajstić information content (AvgIpc) is 3.00. The maximum absolute atomic E-state index is 5.19. The van der Waals surface area contributed by atoms with Crippen molar-refractivity contribution in [2.24, 2.45) is 0 Å². The molecular weight excluding hydrogens is 266 g/mol. The monoisotopic (exact) mass is 289 g/mol. The summed E-state index contributed by atoms with van der Waals surface area (Å²) >= 11 is 1.86. The van der Waals surface area contributed by atoms with Crippen LogP contribution in [0.25, 0.3) is 0 Å². The summed E-state index contributed by atoms with van der Waals surface area (Å²) in [5, 5.41) is 5.59. The molecule has 0 bridgehead atoms. The molecule has 108 valence electrons. The van der Waals surface area contributed by atoms with E-state index in [0.717, 1.165) is 12.2 Å². The number of rotatable bonds is 8. The van der Waals surface area contributed by atoms with Crippen LogP contribution in [-0.4, -0.2) is 20.2 Å². The van der Waals surface area contributed by atoms with Crippen LogP contribution in [0.5, 0.6) is 5.75 Å². The number of aryl methyl sites for hydroxylation is 1. The molecule has 3 heteroatoms. The largest absolute Gasteiger partial charge is 0.497 e. The van der Waals surface area contributed by atoms with Crippen molar-refractivity contribution in [3.8, 4) is 5.75 Å². The van der Waals surface area contributed by atoms with Crippen molar-refractivity contribution < 1.29 is 4.74 Å². The first-order valence-corrected chi connectivity index (χ1v) is 8.02. The van der Waals surface area contributed by atoms with E-state index in [1.165, 1.54) is 29.7 Å². The third kappa shape index (κ3) is 4.66. The maximum atomic E-state index is 5.19. The maximum Gasteiger partial charge on any atom is 0.118 e. The van der Waals surface area contributed by atoms with Crippen molar-refractivity contribution in [3.63, 3.8) is 0 Å². The number of hydrogen-bond acceptors (Lipinski definition) is 3. The van der Waals surface area contributed by atoms with Gasteiger partial charge in [0, 0.05) is 10.9 Å². The molecule has 1 unspecified atom stereocenters. The summed E-state index contributed by atoms with van der Waals surface area (Å²) < 4.78 is 5.19. The minimum Gasteiger partial charge on any atom is -0.497 e. The summed E-state index contributed by atoms with van der Waals surface area (Å²) in [6.45, 7) is 0. The normalized spacial score (nSPS) is 12.3. The Labute approximate surface area is 125 Å². The van der Waals surface area contributed by atoms with Crippen LogP contribution >= 0.6 is 11.3 Å². The Balaban J connectivity index is 1.78. The number of benzene rings is 1. The Hall–Kier alpha value is -1.32. The number of likely N-dealkylation sites (N-methyl/N-ethyl adjacent to an activating group) is 1. The summed E-state index contributed by atoms with van der Waals surface area (Å²) in [5.74, 6) is 0.924. The van der Waals surface area contributed by atoms with Crippen LogP contribution in [0, 0.1) is 0 Å². The molecule has 1 atom stereocenters. The van der Waals surface area contributed by atoms with Gasteiger partial charge in [-0.25, -0.2) is 0 Å². The van der Waals surface area contributed by atoms with Crippen LogP contribution in [0.4, 0.5) is 0 Å². The smallest absolute Gasteiger partial charge is 0.118 e. The van der Waals surface area contributed by atoms with Crippen molar-refractivity contribution in [2.75, 3.05) is 14.2 Å². The van der Waals surface area contributed by atoms with Crippen LogP contribution < -0.4 is 10.1 Å². The Bertz CT molecular complexity index is 478. The van der Waals surface area contributed by atoms with E-state index in [0.29, 0.717) is 6.04 Å². The van der Waals surface area contributed by atoms with Crippen LogP contribution in [0.15, 0.2) is 41.8 Å². The Morgan fingerprint density at radius 3 is 2.60 bits per heavy atom. The molecule has 0 fully saturated rings. The first-order chi connectivity index (χ1) is 9.81. The minimum absolute atomic E-state index is 0.545. The lowest BCUT2D eigenvalue weighted by atomic mass is 10.0. The quantitative estimate of drug-likeness (QED) is 0.795. The van der Waals surface area contributed by atoms with Crippen molar-refractivity contribution >= 4 is 11.3 Å². The second-order valence-corrected chi connectivity index (χ2v) is 6.04. The molecule has 2 rings (SSSR count). The molecule has 0 spiro atoms. The molecule has 2 nitrogen and oxygen atoms in total.